The summed E-state index contributed by atoms with van der Waals surface area (Å²) in [5, 5.41) is 8.50. The van der Waals surface area contributed by atoms with Gasteiger partial charge in [-0.1, -0.05) is 6.92 Å². The molecule has 0 saturated heterocycles. The zero-order chi connectivity index (χ0) is 10.4. The zero-order valence-electron chi connectivity index (χ0n) is 8.87. The lowest BCUT2D eigenvalue weighted by molar-refractivity contribution is -0.123. The van der Waals surface area contributed by atoms with Gasteiger partial charge in [0.1, 0.15) is 5.78 Å². The molecule has 0 spiro atoms. The van der Waals surface area contributed by atoms with Crippen molar-refractivity contribution in [3.05, 3.63) is 0 Å². The fourth-order valence-electron chi connectivity index (χ4n) is 1.18. The highest BCUT2D eigenvalue weighted by Gasteiger charge is 2.20. The van der Waals surface area contributed by atoms with Crippen LogP contribution in [0.3, 0.4) is 0 Å². The molecule has 0 N–H and O–H groups in total. The molecule has 0 fully saturated rings. The lowest BCUT2D eigenvalue weighted by Gasteiger charge is -2.28. The third kappa shape index (κ3) is 3.56. The van der Waals surface area contributed by atoms with E-state index in [1.807, 2.05) is 32.7 Å². The van der Waals surface area contributed by atoms with Crippen LogP contribution in [-0.4, -0.2) is 29.8 Å². The predicted molar refractivity (Wildman–Crippen MR) is 52.2 cm³/mol. The third-order valence-corrected chi connectivity index (χ3v) is 2.51. The number of nitriles is 1. The minimum atomic E-state index is -0.0756. The molecule has 3 nitrogen and oxygen atoms in total. The molecule has 74 valence electrons. The maximum atomic E-state index is 11.3. The van der Waals surface area contributed by atoms with E-state index in [1.165, 1.54) is 0 Å². The van der Waals surface area contributed by atoms with Crippen LogP contribution in [0, 0.1) is 11.3 Å². The van der Waals surface area contributed by atoms with Crippen molar-refractivity contribution in [2.45, 2.75) is 45.7 Å². The van der Waals surface area contributed by atoms with Gasteiger partial charge in [0.2, 0.25) is 0 Å². The van der Waals surface area contributed by atoms with Gasteiger partial charge in [-0.15, -0.1) is 0 Å². The number of hydrogen-bond acceptors (Lipinski definition) is 3. The summed E-state index contributed by atoms with van der Waals surface area (Å²) in [6.45, 7) is 5.71. The van der Waals surface area contributed by atoms with Crippen LogP contribution in [0.25, 0.3) is 0 Å². The first-order chi connectivity index (χ1) is 6.04. The highest BCUT2D eigenvalue weighted by Crippen LogP contribution is 2.07. The average molecular weight is 182 g/mol. The molecule has 0 aliphatic carbocycles. The van der Waals surface area contributed by atoms with Gasteiger partial charge in [0.25, 0.3) is 0 Å². The van der Waals surface area contributed by atoms with E-state index in [2.05, 4.69) is 6.07 Å². The second kappa shape index (κ2) is 5.71. The molecule has 0 aliphatic heterocycles. The Bertz CT molecular complexity index is 207. The molecule has 2 atom stereocenters. The largest absolute Gasteiger partial charge is 0.298 e. The number of ketones is 1. The van der Waals surface area contributed by atoms with Crippen molar-refractivity contribution in [2.24, 2.45) is 0 Å². The van der Waals surface area contributed by atoms with Crippen LogP contribution in [0.5, 0.6) is 0 Å². The van der Waals surface area contributed by atoms with Gasteiger partial charge in [0, 0.05) is 12.5 Å². The van der Waals surface area contributed by atoms with Gasteiger partial charge < -0.3 is 0 Å². The fraction of sp³-hybridized carbons (Fsp3) is 0.800. The van der Waals surface area contributed by atoms with E-state index in [9.17, 15) is 4.79 Å². The molecule has 0 bridgehead atoms. The monoisotopic (exact) mass is 182 g/mol. The van der Waals surface area contributed by atoms with Crippen LogP contribution in [-0.2, 0) is 4.79 Å². The first-order valence-electron chi connectivity index (χ1n) is 4.66. The maximum absolute atomic E-state index is 11.3. The van der Waals surface area contributed by atoms with E-state index in [0.717, 1.165) is 0 Å². The van der Waals surface area contributed by atoms with E-state index in [-0.39, 0.29) is 17.9 Å². The second-order valence-corrected chi connectivity index (χ2v) is 3.37. The van der Waals surface area contributed by atoms with Crippen LogP contribution in [0.1, 0.15) is 33.6 Å². The number of nitrogens with zero attached hydrogens (tertiary/aromatic N) is 2. The summed E-state index contributed by atoms with van der Waals surface area (Å²) in [6, 6.07) is 2.18. The third-order valence-electron chi connectivity index (χ3n) is 2.51. The van der Waals surface area contributed by atoms with Gasteiger partial charge in [-0.2, -0.15) is 5.26 Å². The Morgan fingerprint density at radius 2 is 2.08 bits per heavy atom. The molecular formula is C10H18N2O. The summed E-state index contributed by atoms with van der Waals surface area (Å²) >= 11 is 0. The van der Waals surface area contributed by atoms with Crippen LogP contribution < -0.4 is 0 Å². The molecule has 0 aromatic rings. The second-order valence-electron chi connectivity index (χ2n) is 3.37. The highest BCUT2D eigenvalue weighted by atomic mass is 16.1. The van der Waals surface area contributed by atoms with Crippen molar-refractivity contribution in [2.75, 3.05) is 7.05 Å². The molecule has 0 aliphatic rings. The Morgan fingerprint density at radius 1 is 1.54 bits per heavy atom. The number of likely N-dealkylation sites (N-methyl/N-ethyl adjacent to an activating group) is 1. The molecule has 2 unspecified atom stereocenters. The van der Waals surface area contributed by atoms with Crippen molar-refractivity contribution in [3.8, 4) is 6.07 Å². The number of carbonyl (C=O) groups excluding carboxylic acids is 1. The Labute approximate surface area is 80.3 Å². The molecule has 0 radical (unpaired) electrons. The lowest BCUT2D eigenvalue weighted by Crippen LogP contribution is -2.41. The molecule has 13 heavy (non-hydrogen) atoms. The van der Waals surface area contributed by atoms with E-state index >= 15 is 0 Å². The molecule has 0 aromatic heterocycles. The average Bonchev–Trinajstić information content (AvgIpc) is 2.14. The van der Waals surface area contributed by atoms with Crippen molar-refractivity contribution in [1.82, 2.24) is 4.90 Å². The number of hydrogen-bond donors (Lipinski definition) is 0. The normalized spacial score (nSPS) is 15.1. The number of Topliss-reactive ketones (excluding diaryl/α,β-unsaturated/α-hetero) is 1. The molecule has 0 rings (SSSR count). The molecule has 3 heteroatoms. The van der Waals surface area contributed by atoms with Crippen LogP contribution >= 0.6 is 0 Å². The van der Waals surface area contributed by atoms with Crippen LogP contribution in [0.15, 0.2) is 0 Å². The summed E-state index contributed by atoms with van der Waals surface area (Å²) in [7, 11) is 1.89. The predicted octanol–water partition coefficient (Wildman–Crippen LogP) is 1.59. The summed E-state index contributed by atoms with van der Waals surface area (Å²) in [6.07, 6.45) is 1.03. The maximum Gasteiger partial charge on any atom is 0.149 e. The SMILES string of the molecule is CCC(=O)C(C)N(C)C(C)CC#N. The Kier molecular flexibility index (Phi) is 5.33. The molecule has 0 saturated carbocycles. The van der Waals surface area contributed by atoms with Crippen molar-refractivity contribution < 1.29 is 4.79 Å². The standard InChI is InChI=1S/C10H18N2O/c1-5-10(13)9(3)12(4)8(2)6-7-11/h8-9H,5-6H2,1-4H3. The van der Waals surface area contributed by atoms with Gasteiger partial charge in [-0.25, -0.2) is 0 Å². The summed E-state index contributed by atoms with van der Waals surface area (Å²) in [5.74, 6) is 0.229. The quantitative estimate of drug-likeness (QED) is 0.648. The smallest absolute Gasteiger partial charge is 0.149 e. The van der Waals surface area contributed by atoms with E-state index in [0.29, 0.717) is 12.8 Å². The first kappa shape index (κ1) is 12.1. The molecule has 0 heterocycles. The summed E-state index contributed by atoms with van der Waals surface area (Å²) in [5.41, 5.74) is 0. The van der Waals surface area contributed by atoms with Crippen molar-refractivity contribution in [1.29, 1.82) is 5.26 Å². The Morgan fingerprint density at radius 3 is 2.46 bits per heavy atom. The van der Waals surface area contributed by atoms with Gasteiger partial charge in [-0.05, 0) is 20.9 Å². The Hall–Kier alpha value is -0.880. The minimum Gasteiger partial charge on any atom is -0.298 e. The van der Waals surface area contributed by atoms with E-state index in [4.69, 9.17) is 5.26 Å². The first-order valence-corrected chi connectivity index (χ1v) is 4.66. The number of rotatable bonds is 5. The van der Waals surface area contributed by atoms with Gasteiger partial charge >= 0.3 is 0 Å². The fourth-order valence-corrected chi connectivity index (χ4v) is 1.18. The highest BCUT2D eigenvalue weighted by molar-refractivity contribution is 5.83. The number of carbonyl (C=O) groups is 1. The topological polar surface area (TPSA) is 44.1 Å². The molecule has 0 aromatic carbocycles. The van der Waals surface area contributed by atoms with Crippen LogP contribution in [0.2, 0.25) is 0 Å². The van der Waals surface area contributed by atoms with Gasteiger partial charge in [-0.3, -0.25) is 9.69 Å². The summed E-state index contributed by atoms with van der Waals surface area (Å²) in [4.78, 5) is 13.3. The summed E-state index contributed by atoms with van der Waals surface area (Å²) < 4.78 is 0. The van der Waals surface area contributed by atoms with E-state index in [1.54, 1.807) is 0 Å². The van der Waals surface area contributed by atoms with Crippen LogP contribution in [0.4, 0.5) is 0 Å². The van der Waals surface area contributed by atoms with E-state index < -0.39 is 0 Å². The Balaban J connectivity index is 4.17. The van der Waals surface area contributed by atoms with Crippen molar-refractivity contribution >= 4 is 5.78 Å². The molecular weight excluding hydrogens is 164 g/mol. The van der Waals surface area contributed by atoms with Gasteiger partial charge in [0.05, 0.1) is 18.5 Å². The molecule has 0 amide bonds. The van der Waals surface area contributed by atoms with Crippen molar-refractivity contribution in [3.63, 3.8) is 0 Å². The minimum absolute atomic E-state index is 0.0756. The van der Waals surface area contributed by atoms with Gasteiger partial charge in [0.15, 0.2) is 0 Å². The lowest BCUT2D eigenvalue weighted by atomic mass is 10.1. The zero-order valence-corrected chi connectivity index (χ0v) is 8.87.